The fraction of sp³-hybridized carbons (Fsp3) is 0.667. The molecule has 0 heterocycles. The molecule has 0 amide bonds. The van der Waals surface area contributed by atoms with Crippen LogP contribution in [0.15, 0.2) is 18.2 Å². The van der Waals surface area contributed by atoms with E-state index in [2.05, 4.69) is 58.1 Å². The third-order valence-corrected chi connectivity index (χ3v) is 4.01. The predicted octanol–water partition coefficient (Wildman–Crippen LogP) is 5.17. The van der Waals surface area contributed by atoms with Crippen molar-refractivity contribution in [3.8, 4) is 0 Å². The van der Waals surface area contributed by atoms with Crippen molar-refractivity contribution in [2.75, 3.05) is 6.54 Å². The molecular weight excluding hydrogens is 230 g/mol. The highest BCUT2D eigenvalue weighted by Gasteiger charge is 2.16. The van der Waals surface area contributed by atoms with E-state index in [1.807, 2.05) is 0 Å². The van der Waals surface area contributed by atoms with Crippen LogP contribution in [0.5, 0.6) is 0 Å². The van der Waals surface area contributed by atoms with Gasteiger partial charge in [0.05, 0.1) is 0 Å². The topological polar surface area (TPSA) is 12.0 Å². The zero-order valence-electron chi connectivity index (χ0n) is 13.4. The first-order valence-electron chi connectivity index (χ1n) is 7.92. The molecule has 0 spiro atoms. The van der Waals surface area contributed by atoms with Gasteiger partial charge in [-0.05, 0) is 44.7 Å². The Kier molecular flexibility index (Phi) is 7.15. The lowest BCUT2D eigenvalue weighted by atomic mass is 9.90. The molecule has 1 nitrogen and oxygen atoms in total. The molecular formula is C18H31N. The Morgan fingerprint density at radius 2 is 1.53 bits per heavy atom. The molecule has 0 saturated heterocycles. The van der Waals surface area contributed by atoms with E-state index in [0.717, 1.165) is 12.5 Å². The van der Waals surface area contributed by atoms with Crippen molar-refractivity contribution >= 4 is 0 Å². The van der Waals surface area contributed by atoms with Gasteiger partial charge in [0, 0.05) is 6.04 Å². The monoisotopic (exact) mass is 261 g/mol. The van der Waals surface area contributed by atoms with Crippen molar-refractivity contribution in [3.05, 3.63) is 34.9 Å². The lowest BCUT2D eigenvalue weighted by Crippen LogP contribution is -2.24. The molecule has 1 rings (SSSR count). The molecule has 0 fully saturated rings. The van der Waals surface area contributed by atoms with Crippen LogP contribution in [0.2, 0.25) is 0 Å². The second-order valence-corrected chi connectivity index (χ2v) is 5.85. The lowest BCUT2D eigenvalue weighted by molar-refractivity contribution is 0.371. The van der Waals surface area contributed by atoms with Crippen LogP contribution in [0.25, 0.3) is 0 Å². The van der Waals surface area contributed by atoms with Crippen LogP contribution < -0.4 is 5.32 Å². The smallest absolute Gasteiger partial charge is 0.0323 e. The predicted molar refractivity (Wildman–Crippen MR) is 85.6 cm³/mol. The summed E-state index contributed by atoms with van der Waals surface area (Å²) in [5.41, 5.74) is 4.23. The Hall–Kier alpha value is -0.820. The van der Waals surface area contributed by atoms with Crippen LogP contribution in [0.4, 0.5) is 0 Å². The third-order valence-electron chi connectivity index (χ3n) is 4.01. The fourth-order valence-electron chi connectivity index (χ4n) is 2.82. The SMILES string of the molecule is CCCNC(CC(CC)CC)c1cc(C)cc(C)c1. The molecule has 108 valence electrons. The van der Waals surface area contributed by atoms with Crippen molar-refractivity contribution in [1.82, 2.24) is 5.32 Å². The van der Waals surface area contributed by atoms with Crippen molar-refractivity contribution in [2.45, 2.75) is 66.3 Å². The quantitative estimate of drug-likeness (QED) is 0.680. The number of aryl methyl sites for hydroxylation is 2. The Labute approximate surface area is 119 Å². The van der Waals surface area contributed by atoms with Gasteiger partial charge >= 0.3 is 0 Å². The minimum atomic E-state index is 0.517. The molecule has 1 aromatic carbocycles. The molecule has 1 N–H and O–H groups in total. The summed E-state index contributed by atoms with van der Waals surface area (Å²) in [4.78, 5) is 0. The van der Waals surface area contributed by atoms with Gasteiger partial charge in [0.1, 0.15) is 0 Å². The van der Waals surface area contributed by atoms with Crippen LogP contribution in [-0.2, 0) is 0 Å². The average Bonchev–Trinajstić information content (AvgIpc) is 2.38. The summed E-state index contributed by atoms with van der Waals surface area (Å²) in [5, 5.41) is 3.74. The summed E-state index contributed by atoms with van der Waals surface area (Å²) < 4.78 is 0. The van der Waals surface area contributed by atoms with Crippen LogP contribution >= 0.6 is 0 Å². The molecule has 0 radical (unpaired) electrons. The van der Waals surface area contributed by atoms with E-state index >= 15 is 0 Å². The second-order valence-electron chi connectivity index (χ2n) is 5.85. The number of hydrogen-bond donors (Lipinski definition) is 1. The van der Waals surface area contributed by atoms with Crippen LogP contribution in [-0.4, -0.2) is 6.54 Å². The van der Waals surface area contributed by atoms with Gasteiger partial charge in [-0.3, -0.25) is 0 Å². The van der Waals surface area contributed by atoms with Crippen molar-refractivity contribution in [3.63, 3.8) is 0 Å². The Morgan fingerprint density at radius 1 is 0.947 bits per heavy atom. The highest BCUT2D eigenvalue weighted by Crippen LogP contribution is 2.26. The Balaban J connectivity index is 2.87. The van der Waals surface area contributed by atoms with Gasteiger partial charge in [-0.1, -0.05) is 62.9 Å². The number of benzene rings is 1. The van der Waals surface area contributed by atoms with Crippen molar-refractivity contribution < 1.29 is 0 Å². The Bertz CT molecular complexity index is 346. The first kappa shape index (κ1) is 16.2. The van der Waals surface area contributed by atoms with E-state index in [0.29, 0.717) is 6.04 Å². The molecule has 0 aliphatic heterocycles. The molecule has 0 aliphatic carbocycles. The van der Waals surface area contributed by atoms with Gasteiger partial charge in [-0.2, -0.15) is 0 Å². The average molecular weight is 261 g/mol. The summed E-state index contributed by atoms with van der Waals surface area (Å²) in [5.74, 6) is 0.829. The second kappa shape index (κ2) is 8.37. The highest BCUT2D eigenvalue weighted by molar-refractivity contribution is 5.30. The van der Waals surface area contributed by atoms with Gasteiger partial charge < -0.3 is 5.32 Å². The minimum Gasteiger partial charge on any atom is -0.310 e. The molecule has 1 unspecified atom stereocenters. The molecule has 0 bridgehead atoms. The molecule has 19 heavy (non-hydrogen) atoms. The first-order chi connectivity index (χ1) is 9.10. The van der Waals surface area contributed by atoms with Crippen LogP contribution in [0.1, 0.15) is 69.2 Å². The first-order valence-corrected chi connectivity index (χ1v) is 7.92. The maximum Gasteiger partial charge on any atom is 0.0323 e. The van der Waals surface area contributed by atoms with E-state index in [4.69, 9.17) is 0 Å². The normalized spacial score (nSPS) is 12.9. The fourth-order valence-corrected chi connectivity index (χ4v) is 2.82. The molecule has 1 atom stereocenters. The number of rotatable bonds is 8. The van der Waals surface area contributed by atoms with E-state index in [9.17, 15) is 0 Å². The standard InChI is InChI=1S/C18H31N/c1-6-9-19-18(13-16(7-2)8-3)17-11-14(4)10-15(5)12-17/h10-12,16,18-19H,6-9,13H2,1-5H3. The van der Waals surface area contributed by atoms with E-state index in [-0.39, 0.29) is 0 Å². The Morgan fingerprint density at radius 3 is 2.00 bits per heavy atom. The van der Waals surface area contributed by atoms with Crippen molar-refractivity contribution in [1.29, 1.82) is 0 Å². The lowest BCUT2D eigenvalue weighted by Gasteiger charge is -2.24. The number of nitrogens with one attached hydrogen (secondary N) is 1. The van der Waals surface area contributed by atoms with E-state index < -0.39 is 0 Å². The van der Waals surface area contributed by atoms with Crippen LogP contribution in [0.3, 0.4) is 0 Å². The molecule has 0 aromatic heterocycles. The van der Waals surface area contributed by atoms with Crippen molar-refractivity contribution in [2.24, 2.45) is 5.92 Å². The summed E-state index contributed by atoms with van der Waals surface area (Å²) in [6, 6.07) is 7.48. The summed E-state index contributed by atoms with van der Waals surface area (Å²) >= 11 is 0. The molecule has 1 heteroatoms. The zero-order chi connectivity index (χ0) is 14.3. The summed E-state index contributed by atoms with van der Waals surface area (Å²) in [7, 11) is 0. The molecule has 0 saturated carbocycles. The van der Waals surface area contributed by atoms with E-state index in [1.165, 1.54) is 42.4 Å². The van der Waals surface area contributed by atoms with Gasteiger partial charge in [-0.25, -0.2) is 0 Å². The minimum absolute atomic E-state index is 0.517. The number of hydrogen-bond acceptors (Lipinski definition) is 1. The van der Waals surface area contributed by atoms with Crippen LogP contribution in [0, 0.1) is 19.8 Å². The van der Waals surface area contributed by atoms with Gasteiger partial charge in [-0.15, -0.1) is 0 Å². The largest absolute Gasteiger partial charge is 0.310 e. The molecule has 1 aromatic rings. The highest BCUT2D eigenvalue weighted by atomic mass is 14.9. The van der Waals surface area contributed by atoms with Gasteiger partial charge in [0.15, 0.2) is 0 Å². The zero-order valence-corrected chi connectivity index (χ0v) is 13.4. The van der Waals surface area contributed by atoms with Gasteiger partial charge in [0.25, 0.3) is 0 Å². The summed E-state index contributed by atoms with van der Waals surface area (Å²) in [6.07, 6.45) is 5.03. The third kappa shape index (κ3) is 5.36. The summed E-state index contributed by atoms with van der Waals surface area (Å²) in [6.45, 7) is 12.4. The van der Waals surface area contributed by atoms with Gasteiger partial charge in [0.2, 0.25) is 0 Å². The maximum atomic E-state index is 3.74. The maximum absolute atomic E-state index is 3.74. The molecule has 0 aliphatic rings. The van der Waals surface area contributed by atoms with E-state index in [1.54, 1.807) is 0 Å².